The molecule has 0 radical (unpaired) electrons. The van der Waals surface area contributed by atoms with E-state index in [4.69, 9.17) is 14.2 Å². The van der Waals surface area contributed by atoms with Crippen LogP contribution in [0.5, 0.6) is 0 Å². The fourth-order valence-electron chi connectivity index (χ4n) is 7.37. The van der Waals surface area contributed by atoms with Gasteiger partial charge in [-0.25, -0.2) is 4.79 Å². The number of esters is 2. The molecule has 0 aliphatic heterocycles. The number of quaternary nitrogens is 1. The number of ether oxygens (including phenoxy) is 3. The minimum absolute atomic E-state index is 0.0483. The Balaban J connectivity index is 4.13. The van der Waals surface area contributed by atoms with Crippen LogP contribution in [0, 0.1) is 0 Å². The van der Waals surface area contributed by atoms with Crippen LogP contribution in [0.4, 0.5) is 0 Å². The van der Waals surface area contributed by atoms with E-state index in [9.17, 15) is 19.5 Å². The first-order valence-corrected chi connectivity index (χ1v) is 24.2. The number of carboxylic acids is 1. The zero-order valence-electron chi connectivity index (χ0n) is 38.3. The van der Waals surface area contributed by atoms with Gasteiger partial charge in [-0.2, -0.15) is 0 Å². The van der Waals surface area contributed by atoms with E-state index in [2.05, 4.69) is 26.0 Å². The average Bonchev–Trinajstić information content (AvgIpc) is 3.17. The SMILES string of the molecule is CCCC/C=C/CCCCCCCC(=O)OC(COCCC(C(=O)O)[N+](C)(C)C)COC(=O)CCCCCCCCCCCCCCCCCCCCCCCC. The molecule has 0 fully saturated rings. The van der Waals surface area contributed by atoms with Gasteiger partial charge in [-0.1, -0.05) is 193 Å². The zero-order chi connectivity index (χ0) is 42.1. The highest BCUT2D eigenvalue weighted by Crippen LogP contribution is 2.16. The van der Waals surface area contributed by atoms with Crippen LogP contribution in [0.2, 0.25) is 0 Å². The van der Waals surface area contributed by atoms with Gasteiger partial charge < -0.3 is 23.8 Å². The second-order valence-corrected chi connectivity index (χ2v) is 17.7. The van der Waals surface area contributed by atoms with Gasteiger partial charge in [-0.3, -0.25) is 9.59 Å². The number of carbonyl (C=O) groups excluding carboxylic acids is 2. The summed E-state index contributed by atoms with van der Waals surface area (Å²) < 4.78 is 17.3. The summed E-state index contributed by atoms with van der Waals surface area (Å²) in [6.07, 6.45) is 44.1. The lowest BCUT2D eigenvalue weighted by Gasteiger charge is -2.31. The molecule has 0 spiro atoms. The molecule has 2 unspecified atom stereocenters. The lowest BCUT2D eigenvalue weighted by Crippen LogP contribution is -2.50. The molecule has 0 aliphatic carbocycles. The number of rotatable bonds is 44. The van der Waals surface area contributed by atoms with Crippen LogP contribution < -0.4 is 0 Å². The lowest BCUT2D eigenvalue weighted by atomic mass is 10.0. The third-order valence-corrected chi connectivity index (χ3v) is 11.2. The summed E-state index contributed by atoms with van der Waals surface area (Å²) in [6, 6.07) is -0.611. The maximum Gasteiger partial charge on any atom is 0.362 e. The normalized spacial score (nSPS) is 12.9. The molecule has 0 amide bonds. The van der Waals surface area contributed by atoms with Crippen LogP contribution in [0.1, 0.15) is 232 Å². The number of allylic oxidation sites excluding steroid dienone is 2. The zero-order valence-corrected chi connectivity index (χ0v) is 38.3. The third-order valence-electron chi connectivity index (χ3n) is 11.2. The maximum absolute atomic E-state index is 12.7. The minimum atomic E-state index is -0.873. The number of hydrogen-bond donors (Lipinski definition) is 1. The van der Waals surface area contributed by atoms with Crippen molar-refractivity contribution in [3.63, 3.8) is 0 Å². The fraction of sp³-hybridized carbons (Fsp3) is 0.898. The Bertz CT molecular complexity index is 947. The number of likely N-dealkylation sites (N-methyl/N-ethyl adjacent to an activating group) is 1. The first-order chi connectivity index (χ1) is 27.6. The van der Waals surface area contributed by atoms with Gasteiger partial charge in [0.15, 0.2) is 12.1 Å². The Morgan fingerprint density at radius 1 is 0.509 bits per heavy atom. The number of aliphatic carboxylic acids is 1. The van der Waals surface area contributed by atoms with Crippen molar-refractivity contribution in [2.75, 3.05) is 41.0 Å². The number of nitrogens with zero attached hydrogens (tertiary/aromatic N) is 1. The molecule has 57 heavy (non-hydrogen) atoms. The molecule has 0 aromatic rings. The van der Waals surface area contributed by atoms with Crippen molar-refractivity contribution in [3.05, 3.63) is 12.2 Å². The second-order valence-electron chi connectivity index (χ2n) is 17.7. The van der Waals surface area contributed by atoms with Crippen molar-refractivity contribution in [1.82, 2.24) is 0 Å². The van der Waals surface area contributed by atoms with Crippen LogP contribution in [0.3, 0.4) is 0 Å². The van der Waals surface area contributed by atoms with E-state index < -0.39 is 18.1 Å². The largest absolute Gasteiger partial charge is 0.477 e. The summed E-state index contributed by atoms with van der Waals surface area (Å²) in [5, 5.41) is 9.62. The van der Waals surface area contributed by atoms with Gasteiger partial charge >= 0.3 is 17.9 Å². The van der Waals surface area contributed by atoms with Crippen molar-refractivity contribution < 1.29 is 38.2 Å². The molecule has 0 aromatic carbocycles. The predicted molar refractivity (Wildman–Crippen MR) is 239 cm³/mol. The Labute approximate surface area is 352 Å². The third kappa shape index (κ3) is 39.3. The Morgan fingerprint density at radius 3 is 1.32 bits per heavy atom. The monoisotopic (exact) mass is 809 g/mol. The van der Waals surface area contributed by atoms with Gasteiger partial charge in [0.2, 0.25) is 0 Å². The molecule has 0 aliphatic rings. The van der Waals surface area contributed by atoms with Gasteiger partial charge in [0, 0.05) is 19.3 Å². The van der Waals surface area contributed by atoms with Crippen molar-refractivity contribution in [1.29, 1.82) is 0 Å². The molecular formula is C49H94NO7+. The highest BCUT2D eigenvalue weighted by molar-refractivity contribution is 5.72. The average molecular weight is 809 g/mol. The van der Waals surface area contributed by atoms with Crippen LogP contribution in [-0.4, -0.2) is 80.6 Å². The molecule has 0 heterocycles. The molecule has 336 valence electrons. The summed E-state index contributed by atoms with van der Waals surface area (Å²) in [7, 11) is 5.53. The molecule has 0 bridgehead atoms. The first kappa shape index (κ1) is 55.1. The lowest BCUT2D eigenvalue weighted by molar-refractivity contribution is -0.887. The van der Waals surface area contributed by atoms with Crippen LogP contribution in [0.25, 0.3) is 0 Å². The molecule has 1 N–H and O–H groups in total. The highest BCUT2D eigenvalue weighted by atomic mass is 16.6. The fourth-order valence-corrected chi connectivity index (χ4v) is 7.37. The van der Waals surface area contributed by atoms with Crippen molar-refractivity contribution in [2.24, 2.45) is 0 Å². The minimum Gasteiger partial charge on any atom is -0.477 e. The molecule has 8 nitrogen and oxygen atoms in total. The number of hydrogen-bond acceptors (Lipinski definition) is 6. The van der Waals surface area contributed by atoms with E-state index in [0.29, 0.717) is 19.3 Å². The van der Waals surface area contributed by atoms with Gasteiger partial charge in [0.05, 0.1) is 34.4 Å². The van der Waals surface area contributed by atoms with Crippen LogP contribution >= 0.6 is 0 Å². The predicted octanol–water partition coefficient (Wildman–Crippen LogP) is 13.5. The molecule has 0 aromatic heterocycles. The van der Waals surface area contributed by atoms with Gasteiger partial charge in [0.25, 0.3) is 0 Å². The van der Waals surface area contributed by atoms with E-state index in [1.54, 1.807) is 0 Å². The first-order valence-electron chi connectivity index (χ1n) is 24.2. The van der Waals surface area contributed by atoms with E-state index >= 15 is 0 Å². The second kappa shape index (κ2) is 40.8. The Morgan fingerprint density at radius 2 is 0.895 bits per heavy atom. The van der Waals surface area contributed by atoms with Crippen molar-refractivity contribution >= 4 is 17.9 Å². The van der Waals surface area contributed by atoms with E-state index in [1.165, 1.54) is 148 Å². The summed E-state index contributed by atoms with van der Waals surface area (Å²) >= 11 is 0. The quantitative estimate of drug-likeness (QED) is 0.0283. The van der Waals surface area contributed by atoms with E-state index in [-0.39, 0.29) is 36.2 Å². The Hall–Kier alpha value is -1.93. The van der Waals surface area contributed by atoms with Crippen molar-refractivity contribution in [3.8, 4) is 0 Å². The van der Waals surface area contributed by atoms with Gasteiger partial charge in [-0.05, 0) is 32.1 Å². The van der Waals surface area contributed by atoms with Gasteiger partial charge in [0.1, 0.15) is 6.61 Å². The molecule has 0 saturated carbocycles. The standard InChI is InChI=1S/C49H93NO7/c1-6-8-10-12-14-16-18-19-20-21-22-23-24-25-26-27-28-30-31-33-35-37-39-47(51)56-44-45(43-55-42-41-46(49(53)54)50(3,4)5)57-48(52)40-38-36-34-32-29-17-15-13-11-9-7-2/h13,15,45-46H,6-12,14,16-44H2,1-5H3/p+1/b15-13+. The summed E-state index contributed by atoms with van der Waals surface area (Å²) in [6.45, 7) is 4.72. The van der Waals surface area contributed by atoms with Crippen molar-refractivity contribution in [2.45, 2.75) is 244 Å². The van der Waals surface area contributed by atoms with E-state index in [0.717, 1.165) is 51.4 Å². The van der Waals surface area contributed by atoms with Crippen LogP contribution in [0.15, 0.2) is 12.2 Å². The summed E-state index contributed by atoms with van der Waals surface area (Å²) in [5.41, 5.74) is 0. The molecular weight excluding hydrogens is 715 g/mol. The summed E-state index contributed by atoms with van der Waals surface area (Å²) in [5.74, 6) is -1.46. The topological polar surface area (TPSA) is 99.1 Å². The molecule has 8 heteroatoms. The smallest absolute Gasteiger partial charge is 0.362 e. The van der Waals surface area contributed by atoms with Crippen LogP contribution in [-0.2, 0) is 28.6 Å². The molecule has 0 rings (SSSR count). The number of carboxylic acid groups (broad SMARTS) is 1. The summed E-state index contributed by atoms with van der Waals surface area (Å²) in [4.78, 5) is 37.0. The highest BCUT2D eigenvalue weighted by Gasteiger charge is 2.31. The number of carbonyl (C=O) groups is 3. The number of unbranched alkanes of at least 4 members (excludes halogenated alkanes) is 28. The molecule has 0 saturated heterocycles. The Kier molecular flexibility index (Phi) is 39.4. The van der Waals surface area contributed by atoms with E-state index in [1.807, 2.05) is 21.1 Å². The molecule has 2 atom stereocenters. The maximum atomic E-state index is 12.7. The van der Waals surface area contributed by atoms with Gasteiger partial charge in [-0.15, -0.1) is 0 Å².